The number of hydrogen-bond acceptors (Lipinski definition) is 5. The molecular formula is C17H15ClN4O2S. The molecule has 8 heteroatoms. The molecule has 1 amide bonds. The third kappa shape index (κ3) is 3.78. The Balaban J connectivity index is 1.72. The number of carbonyl (C=O) groups is 1. The lowest BCUT2D eigenvalue weighted by atomic mass is 10.2. The molecule has 1 aromatic carbocycles. The number of thiophene rings is 1. The molecule has 0 saturated carbocycles. The molecule has 0 aliphatic heterocycles. The topological polar surface area (TPSA) is 87.2 Å². The van der Waals surface area contributed by atoms with Crippen molar-refractivity contribution in [2.45, 2.75) is 20.3 Å². The number of carbonyl (C=O) groups excluding carboxylic acids is 1. The van der Waals surface area contributed by atoms with Crippen molar-refractivity contribution in [2.24, 2.45) is 5.10 Å². The number of hydrazone groups is 1. The van der Waals surface area contributed by atoms with Crippen LogP contribution >= 0.6 is 22.9 Å². The van der Waals surface area contributed by atoms with Crippen molar-refractivity contribution in [3.05, 3.63) is 61.5 Å². The maximum absolute atomic E-state index is 12.2. The molecule has 0 atom stereocenters. The van der Waals surface area contributed by atoms with Crippen LogP contribution < -0.4 is 11.0 Å². The molecule has 0 radical (unpaired) electrons. The van der Waals surface area contributed by atoms with Gasteiger partial charge in [-0.1, -0.05) is 29.8 Å². The summed E-state index contributed by atoms with van der Waals surface area (Å²) in [6.45, 7) is 3.83. The van der Waals surface area contributed by atoms with Crippen molar-refractivity contribution in [3.8, 4) is 0 Å². The minimum Gasteiger partial charge on any atom is -0.309 e. The predicted octanol–water partition coefficient (Wildman–Crippen LogP) is 2.95. The Kier molecular flexibility index (Phi) is 4.96. The van der Waals surface area contributed by atoms with Gasteiger partial charge in [0.05, 0.1) is 18.0 Å². The van der Waals surface area contributed by atoms with Gasteiger partial charge in [-0.25, -0.2) is 10.4 Å². The lowest BCUT2D eigenvalue weighted by Gasteiger charge is -2.01. The van der Waals surface area contributed by atoms with Crippen LogP contribution in [0.5, 0.6) is 0 Å². The molecule has 0 unspecified atom stereocenters. The predicted molar refractivity (Wildman–Crippen MR) is 101 cm³/mol. The number of fused-ring (bicyclic) bond motifs is 1. The Bertz CT molecular complexity index is 1040. The second-order valence-electron chi connectivity index (χ2n) is 5.47. The first kappa shape index (κ1) is 17.3. The molecule has 0 spiro atoms. The Hall–Kier alpha value is -2.51. The van der Waals surface area contributed by atoms with Gasteiger partial charge in [0.25, 0.3) is 5.56 Å². The highest BCUT2D eigenvalue weighted by Crippen LogP contribution is 2.25. The summed E-state index contributed by atoms with van der Waals surface area (Å²) in [6.07, 6.45) is 1.40. The normalized spacial score (nSPS) is 11.3. The number of amides is 1. The van der Waals surface area contributed by atoms with E-state index in [1.54, 1.807) is 12.1 Å². The summed E-state index contributed by atoms with van der Waals surface area (Å²) < 4.78 is 0. The third-order valence-corrected chi connectivity index (χ3v) is 5.16. The van der Waals surface area contributed by atoms with Crippen LogP contribution in [0.1, 0.15) is 21.8 Å². The molecular weight excluding hydrogens is 360 g/mol. The quantitative estimate of drug-likeness (QED) is 0.543. The fourth-order valence-electron chi connectivity index (χ4n) is 2.33. The minimum absolute atomic E-state index is 0.0684. The van der Waals surface area contributed by atoms with Crippen LogP contribution in [-0.2, 0) is 11.2 Å². The first-order chi connectivity index (χ1) is 12.0. The largest absolute Gasteiger partial charge is 0.309 e. The zero-order valence-electron chi connectivity index (χ0n) is 13.6. The van der Waals surface area contributed by atoms with Crippen LogP contribution in [0.25, 0.3) is 10.2 Å². The number of nitrogens with one attached hydrogen (secondary N) is 2. The SMILES string of the molecule is Cc1sc2nc(CC(=O)N/N=C/c3ccccc3Cl)[nH]c(=O)c2c1C. The number of rotatable bonds is 4. The van der Waals surface area contributed by atoms with Crippen LogP contribution in [0.3, 0.4) is 0 Å². The van der Waals surface area contributed by atoms with Gasteiger partial charge in [0.15, 0.2) is 0 Å². The Morgan fingerprint density at radius 2 is 2.16 bits per heavy atom. The molecule has 25 heavy (non-hydrogen) atoms. The highest BCUT2D eigenvalue weighted by Gasteiger charge is 2.13. The van der Waals surface area contributed by atoms with E-state index in [9.17, 15) is 9.59 Å². The van der Waals surface area contributed by atoms with Crippen LogP contribution in [0.4, 0.5) is 0 Å². The van der Waals surface area contributed by atoms with Gasteiger partial charge in [0.2, 0.25) is 5.91 Å². The first-order valence-corrected chi connectivity index (χ1v) is 8.70. The van der Waals surface area contributed by atoms with Crippen LogP contribution in [0.15, 0.2) is 34.2 Å². The molecule has 0 aliphatic carbocycles. The average molecular weight is 375 g/mol. The molecule has 128 valence electrons. The maximum atomic E-state index is 12.2. The summed E-state index contributed by atoms with van der Waals surface area (Å²) in [7, 11) is 0. The highest BCUT2D eigenvalue weighted by atomic mass is 35.5. The van der Waals surface area contributed by atoms with E-state index in [0.29, 0.717) is 26.6 Å². The summed E-state index contributed by atoms with van der Waals surface area (Å²) in [5, 5.41) is 5.00. The fraction of sp³-hybridized carbons (Fsp3) is 0.176. The molecule has 0 fully saturated rings. The molecule has 0 aliphatic rings. The zero-order valence-corrected chi connectivity index (χ0v) is 15.2. The van der Waals surface area contributed by atoms with Gasteiger partial charge < -0.3 is 4.98 Å². The number of nitrogens with zero attached hydrogens (tertiary/aromatic N) is 2. The monoisotopic (exact) mass is 374 g/mol. The summed E-state index contributed by atoms with van der Waals surface area (Å²) >= 11 is 7.45. The smallest absolute Gasteiger partial charge is 0.259 e. The van der Waals surface area contributed by atoms with Gasteiger partial charge in [-0.15, -0.1) is 11.3 Å². The summed E-state index contributed by atoms with van der Waals surface area (Å²) in [6, 6.07) is 7.15. The number of aromatic nitrogens is 2. The van der Waals surface area contributed by atoms with E-state index in [2.05, 4.69) is 20.5 Å². The van der Waals surface area contributed by atoms with E-state index < -0.39 is 0 Å². The molecule has 2 N–H and O–H groups in total. The lowest BCUT2D eigenvalue weighted by Crippen LogP contribution is -2.23. The van der Waals surface area contributed by atoms with Gasteiger partial charge in [0, 0.05) is 15.5 Å². The van der Waals surface area contributed by atoms with E-state index in [-0.39, 0.29) is 17.9 Å². The number of aromatic amines is 1. The number of H-pyrrole nitrogens is 1. The summed E-state index contributed by atoms with van der Waals surface area (Å²) in [4.78, 5) is 32.9. The number of benzene rings is 1. The van der Waals surface area contributed by atoms with Gasteiger partial charge >= 0.3 is 0 Å². The molecule has 3 rings (SSSR count). The Morgan fingerprint density at radius 3 is 2.92 bits per heavy atom. The standard InChI is InChI=1S/C17H15ClN4O2S/c1-9-10(2)25-17-15(9)16(24)20-13(21-17)7-14(23)22-19-8-11-5-3-4-6-12(11)18/h3-6,8H,7H2,1-2H3,(H,22,23)(H,20,21,24)/b19-8+. The number of aryl methyl sites for hydroxylation is 2. The van der Waals surface area contributed by atoms with Gasteiger partial charge in [-0.3, -0.25) is 9.59 Å². The van der Waals surface area contributed by atoms with Crippen LogP contribution in [0, 0.1) is 13.8 Å². The number of halogens is 1. The van der Waals surface area contributed by atoms with Crippen molar-refractivity contribution >= 4 is 45.3 Å². The molecule has 2 aromatic heterocycles. The molecule has 0 bridgehead atoms. The Morgan fingerprint density at radius 1 is 1.40 bits per heavy atom. The van der Waals surface area contributed by atoms with Crippen molar-refractivity contribution in [1.29, 1.82) is 0 Å². The molecule has 6 nitrogen and oxygen atoms in total. The second-order valence-corrected chi connectivity index (χ2v) is 7.08. The van der Waals surface area contributed by atoms with E-state index in [1.165, 1.54) is 17.6 Å². The summed E-state index contributed by atoms with van der Waals surface area (Å²) in [5.74, 6) is -0.0694. The third-order valence-electron chi connectivity index (χ3n) is 3.71. The lowest BCUT2D eigenvalue weighted by molar-refractivity contribution is -0.120. The van der Waals surface area contributed by atoms with Gasteiger partial charge in [-0.2, -0.15) is 5.10 Å². The maximum Gasteiger partial charge on any atom is 0.259 e. The summed E-state index contributed by atoms with van der Waals surface area (Å²) in [5.41, 5.74) is 3.80. The average Bonchev–Trinajstić information content (AvgIpc) is 2.84. The molecule has 2 heterocycles. The van der Waals surface area contributed by atoms with Crippen molar-refractivity contribution in [3.63, 3.8) is 0 Å². The van der Waals surface area contributed by atoms with Gasteiger partial charge in [0.1, 0.15) is 10.7 Å². The van der Waals surface area contributed by atoms with Crippen molar-refractivity contribution < 1.29 is 4.79 Å². The Labute approximate surface area is 152 Å². The van der Waals surface area contributed by atoms with E-state index in [1.807, 2.05) is 26.0 Å². The van der Waals surface area contributed by atoms with E-state index in [4.69, 9.17) is 11.6 Å². The number of hydrogen-bond donors (Lipinski definition) is 2. The fourth-order valence-corrected chi connectivity index (χ4v) is 3.56. The van der Waals surface area contributed by atoms with Crippen LogP contribution in [-0.4, -0.2) is 22.1 Å². The molecule has 0 saturated heterocycles. The van der Waals surface area contributed by atoms with Crippen molar-refractivity contribution in [1.82, 2.24) is 15.4 Å². The van der Waals surface area contributed by atoms with Crippen molar-refractivity contribution in [2.75, 3.05) is 0 Å². The molecule has 3 aromatic rings. The second kappa shape index (κ2) is 7.16. The van der Waals surface area contributed by atoms with Gasteiger partial charge in [-0.05, 0) is 25.5 Å². The minimum atomic E-state index is -0.379. The highest BCUT2D eigenvalue weighted by molar-refractivity contribution is 7.18. The van der Waals surface area contributed by atoms with Crippen LogP contribution in [0.2, 0.25) is 5.02 Å². The van der Waals surface area contributed by atoms with E-state index >= 15 is 0 Å². The van der Waals surface area contributed by atoms with E-state index in [0.717, 1.165) is 10.4 Å². The zero-order chi connectivity index (χ0) is 18.0. The first-order valence-electron chi connectivity index (χ1n) is 7.51.